The number of carbonyl (C=O) groups excluding carboxylic acids is 1. The van der Waals surface area contributed by atoms with Crippen LogP contribution in [0, 0.1) is 0 Å². The monoisotopic (exact) mass is 296 g/mol. The molecule has 0 amide bonds. The normalized spacial score (nSPS) is 10.7. The third-order valence-electron chi connectivity index (χ3n) is 2.64. The summed E-state index contributed by atoms with van der Waals surface area (Å²) in [5.74, 6) is 2.33. The maximum absolute atomic E-state index is 12.3. The molecule has 0 N–H and O–H groups in total. The van der Waals surface area contributed by atoms with Gasteiger partial charge in [-0.3, -0.25) is 4.79 Å². The summed E-state index contributed by atoms with van der Waals surface area (Å²) in [4.78, 5) is 12.3. The zero-order valence-corrected chi connectivity index (χ0v) is 13.6. The van der Waals surface area contributed by atoms with Crippen molar-refractivity contribution in [1.82, 2.24) is 0 Å². The lowest BCUT2D eigenvalue weighted by atomic mass is 10.1. The van der Waals surface area contributed by atoms with Crippen LogP contribution in [0.4, 0.5) is 0 Å². The summed E-state index contributed by atoms with van der Waals surface area (Å²) in [7, 11) is 0. The van der Waals surface area contributed by atoms with Crippen LogP contribution in [-0.4, -0.2) is 30.0 Å². The van der Waals surface area contributed by atoms with E-state index < -0.39 is 0 Å². The molecule has 3 nitrogen and oxygen atoms in total. The van der Waals surface area contributed by atoms with Gasteiger partial charge in [-0.25, -0.2) is 0 Å². The van der Waals surface area contributed by atoms with E-state index in [-0.39, 0.29) is 5.78 Å². The third kappa shape index (κ3) is 5.45. The molecule has 0 saturated heterocycles. The Kier molecular flexibility index (Phi) is 7.52. The standard InChI is InChI=1S/C16H24O3S/c1-5-18-13-7-8-14(16(11-13)19-6-2)15(17)9-10-20-12(3)4/h7-8,11-12H,5-6,9-10H2,1-4H3. The molecule has 112 valence electrons. The van der Waals surface area contributed by atoms with Crippen LogP contribution in [0.1, 0.15) is 44.5 Å². The Hall–Kier alpha value is -1.16. The number of rotatable bonds is 9. The van der Waals surface area contributed by atoms with Crippen molar-refractivity contribution in [2.75, 3.05) is 19.0 Å². The smallest absolute Gasteiger partial charge is 0.167 e. The minimum Gasteiger partial charge on any atom is -0.494 e. The second-order valence-electron chi connectivity index (χ2n) is 4.62. The van der Waals surface area contributed by atoms with Gasteiger partial charge in [0.2, 0.25) is 0 Å². The van der Waals surface area contributed by atoms with Crippen LogP contribution in [0.5, 0.6) is 11.5 Å². The van der Waals surface area contributed by atoms with Gasteiger partial charge in [0.15, 0.2) is 5.78 Å². The highest BCUT2D eigenvalue weighted by molar-refractivity contribution is 7.99. The molecule has 0 aliphatic heterocycles. The molecule has 0 unspecified atom stereocenters. The number of ketones is 1. The quantitative estimate of drug-likeness (QED) is 0.640. The van der Waals surface area contributed by atoms with E-state index in [0.717, 1.165) is 11.5 Å². The van der Waals surface area contributed by atoms with Gasteiger partial charge in [0.05, 0.1) is 18.8 Å². The van der Waals surface area contributed by atoms with Crippen LogP contribution in [0.3, 0.4) is 0 Å². The molecule has 1 aromatic carbocycles. The predicted octanol–water partition coefficient (Wildman–Crippen LogP) is 4.20. The predicted molar refractivity (Wildman–Crippen MR) is 85.3 cm³/mol. The summed E-state index contributed by atoms with van der Waals surface area (Å²) in [5.41, 5.74) is 0.652. The fourth-order valence-electron chi connectivity index (χ4n) is 1.79. The number of ether oxygens (including phenoxy) is 2. The van der Waals surface area contributed by atoms with E-state index in [0.29, 0.717) is 36.2 Å². The van der Waals surface area contributed by atoms with Crippen LogP contribution in [0.25, 0.3) is 0 Å². The third-order valence-corrected chi connectivity index (χ3v) is 3.75. The van der Waals surface area contributed by atoms with Crippen molar-refractivity contribution in [2.45, 2.75) is 39.4 Å². The van der Waals surface area contributed by atoms with Crippen molar-refractivity contribution < 1.29 is 14.3 Å². The van der Waals surface area contributed by atoms with Crippen molar-refractivity contribution in [3.63, 3.8) is 0 Å². The number of benzene rings is 1. The first kappa shape index (κ1) is 16.9. The molecule has 4 heteroatoms. The maximum Gasteiger partial charge on any atom is 0.167 e. The summed E-state index contributed by atoms with van der Waals surface area (Å²) < 4.78 is 11.0. The van der Waals surface area contributed by atoms with Gasteiger partial charge in [-0.1, -0.05) is 13.8 Å². The molecule has 1 rings (SSSR count). The molecule has 0 aromatic heterocycles. The van der Waals surface area contributed by atoms with E-state index in [9.17, 15) is 4.79 Å². The minimum absolute atomic E-state index is 0.129. The largest absolute Gasteiger partial charge is 0.494 e. The van der Waals surface area contributed by atoms with Crippen molar-refractivity contribution >= 4 is 17.5 Å². The topological polar surface area (TPSA) is 35.5 Å². The Labute approximate surface area is 126 Å². The summed E-state index contributed by atoms with van der Waals surface area (Å²) in [6.45, 7) is 9.26. The van der Waals surface area contributed by atoms with Crippen LogP contribution >= 0.6 is 11.8 Å². The minimum atomic E-state index is 0.129. The Bertz CT molecular complexity index is 430. The molecular formula is C16H24O3S. The van der Waals surface area contributed by atoms with Crippen LogP contribution < -0.4 is 9.47 Å². The van der Waals surface area contributed by atoms with Crippen molar-refractivity contribution in [3.8, 4) is 11.5 Å². The van der Waals surface area contributed by atoms with Crippen molar-refractivity contribution in [2.24, 2.45) is 0 Å². The summed E-state index contributed by atoms with van der Waals surface area (Å²) in [6.07, 6.45) is 0.539. The number of hydrogen-bond acceptors (Lipinski definition) is 4. The van der Waals surface area contributed by atoms with Crippen LogP contribution in [0.15, 0.2) is 18.2 Å². The van der Waals surface area contributed by atoms with Crippen LogP contribution in [-0.2, 0) is 0 Å². The first-order chi connectivity index (χ1) is 9.58. The summed E-state index contributed by atoms with van der Waals surface area (Å²) in [5, 5.41) is 0.550. The van der Waals surface area contributed by atoms with Gasteiger partial charge in [-0.05, 0) is 31.2 Å². The first-order valence-electron chi connectivity index (χ1n) is 7.12. The maximum atomic E-state index is 12.3. The molecule has 0 saturated carbocycles. The molecule has 0 bridgehead atoms. The molecular weight excluding hydrogens is 272 g/mol. The second kappa shape index (κ2) is 8.90. The molecule has 0 spiro atoms. The van der Waals surface area contributed by atoms with Gasteiger partial charge in [-0.15, -0.1) is 0 Å². The molecule has 1 aromatic rings. The molecule has 0 radical (unpaired) electrons. The number of hydrogen-bond donors (Lipinski definition) is 0. The molecule has 20 heavy (non-hydrogen) atoms. The zero-order valence-electron chi connectivity index (χ0n) is 12.8. The van der Waals surface area contributed by atoms with Gasteiger partial charge in [-0.2, -0.15) is 11.8 Å². The Morgan fingerprint density at radius 2 is 1.90 bits per heavy atom. The van der Waals surface area contributed by atoms with Crippen molar-refractivity contribution in [3.05, 3.63) is 23.8 Å². The molecule has 0 aliphatic rings. The SMILES string of the molecule is CCOc1ccc(C(=O)CCSC(C)C)c(OCC)c1. The van der Waals surface area contributed by atoms with Gasteiger partial charge in [0.25, 0.3) is 0 Å². The first-order valence-corrected chi connectivity index (χ1v) is 8.17. The van der Waals surface area contributed by atoms with E-state index in [2.05, 4.69) is 13.8 Å². The van der Waals surface area contributed by atoms with Gasteiger partial charge >= 0.3 is 0 Å². The average Bonchev–Trinajstić information content (AvgIpc) is 2.39. The highest BCUT2D eigenvalue weighted by Gasteiger charge is 2.14. The van der Waals surface area contributed by atoms with Gasteiger partial charge in [0.1, 0.15) is 11.5 Å². The molecule has 0 aliphatic carbocycles. The average molecular weight is 296 g/mol. The van der Waals surface area contributed by atoms with E-state index in [4.69, 9.17) is 9.47 Å². The van der Waals surface area contributed by atoms with Crippen LogP contribution in [0.2, 0.25) is 0 Å². The number of Topliss-reactive ketones (excluding diaryl/α,β-unsaturated/α-hetero) is 1. The van der Waals surface area contributed by atoms with E-state index in [1.165, 1.54) is 0 Å². The Balaban J connectivity index is 2.78. The highest BCUT2D eigenvalue weighted by atomic mass is 32.2. The van der Waals surface area contributed by atoms with Gasteiger partial charge in [0, 0.05) is 18.2 Å². The summed E-state index contributed by atoms with van der Waals surface area (Å²) in [6, 6.07) is 5.43. The van der Waals surface area contributed by atoms with E-state index >= 15 is 0 Å². The Morgan fingerprint density at radius 1 is 1.20 bits per heavy atom. The Morgan fingerprint density at radius 3 is 2.50 bits per heavy atom. The zero-order chi connectivity index (χ0) is 15.0. The highest BCUT2D eigenvalue weighted by Crippen LogP contribution is 2.27. The number of thioether (sulfide) groups is 1. The molecule has 0 heterocycles. The fourth-order valence-corrected chi connectivity index (χ4v) is 2.56. The van der Waals surface area contributed by atoms with E-state index in [1.807, 2.05) is 19.9 Å². The van der Waals surface area contributed by atoms with Gasteiger partial charge < -0.3 is 9.47 Å². The van der Waals surface area contributed by atoms with E-state index in [1.54, 1.807) is 23.9 Å². The van der Waals surface area contributed by atoms with Crippen molar-refractivity contribution in [1.29, 1.82) is 0 Å². The lowest BCUT2D eigenvalue weighted by molar-refractivity contribution is 0.0986. The molecule has 0 atom stereocenters. The molecule has 0 fully saturated rings. The second-order valence-corrected chi connectivity index (χ2v) is 6.30. The lowest BCUT2D eigenvalue weighted by Gasteiger charge is -2.12. The lowest BCUT2D eigenvalue weighted by Crippen LogP contribution is -2.06. The summed E-state index contributed by atoms with van der Waals surface area (Å²) >= 11 is 1.80. The number of carbonyl (C=O) groups is 1. The fraction of sp³-hybridized carbons (Fsp3) is 0.562.